The van der Waals surface area contributed by atoms with Gasteiger partial charge in [0.15, 0.2) is 0 Å². The van der Waals surface area contributed by atoms with Gasteiger partial charge in [-0.2, -0.15) is 0 Å². The molecule has 0 amide bonds. The number of phosphoric acid groups is 1. The number of hydrogen-bond acceptors (Lipinski definition) is 10. The lowest BCUT2D eigenvalue weighted by Gasteiger charge is -2.32. The Morgan fingerprint density at radius 1 is 0.767 bits per heavy atom. The van der Waals surface area contributed by atoms with E-state index >= 15 is 0 Å². The quantitative estimate of drug-likeness (QED) is 0.100. The van der Waals surface area contributed by atoms with E-state index in [1.807, 2.05) is 14.1 Å². The Labute approximate surface area is 182 Å². The summed E-state index contributed by atoms with van der Waals surface area (Å²) in [5.74, 6) is 0. The van der Waals surface area contributed by atoms with Crippen LogP contribution in [-0.2, 0) is 41.1 Å². The van der Waals surface area contributed by atoms with Crippen LogP contribution in [0.4, 0.5) is 0 Å². The summed E-state index contributed by atoms with van der Waals surface area (Å²) in [6.45, 7) is 3.12. The summed E-state index contributed by atoms with van der Waals surface area (Å²) in [6, 6.07) is 0.680. The summed E-state index contributed by atoms with van der Waals surface area (Å²) < 4.78 is 53.7. The van der Waals surface area contributed by atoms with Crippen molar-refractivity contribution in [2.75, 3.05) is 102 Å². The first kappa shape index (κ1) is 30.0. The van der Waals surface area contributed by atoms with Gasteiger partial charge in [0.05, 0.1) is 60.3 Å². The molecule has 0 N–H and O–H groups in total. The summed E-state index contributed by atoms with van der Waals surface area (Å²) in [7, 11) is 3.39. The summed E-state index contributed by atoms with van der Waals surface area (Å²) in [5.41, 5.74) is 0. The van der Waals surface area contributed by atoms with Crippen LogP contribution in [0.2, 0.25) is 6.04 Å². The number of quaternary nitrogens is 1. The van der Waals surface area contributed by atoms with E-state index < -0.39 is 16.6 Å². The lowest BCUT2D eigenvalue weighted by atomic mass is 10.4. The fraction of sp³-hybridized carbons (Fsp3) is 1.00. The molecule has 0 heterocycles. The number of hydrogen-bond donors (Lipinski definition) is 0. The molecule has 0 fully saturated rings. The maximum atomic E-state index is 11.8. The summed E-state index contributed by atoms with van der Waals surface area (Å²) in [5, 5.41) is 0. The molecule has 0 aromatic carbocycles. The van der Waals surface area contributed by atoms with Crippen molar-refractivity contribution in [2.24, 2.45) is 0 Å². The van der Waals surface area contributed by atoms with Gasteiger partial charge >= 0.3 is 8.80 Å². The van der Waals surface area contributed by atoms with E-state index in [0.717, 1.165) is 13.0 Å². The zero-order valence-electron chi connectivity index (χ0n) is 19.3. The minimum Gasteiger partial charge on any atom is -0.756 e. The molecule has 0 saturated heterocycles. The van der Waals surface area contributed by atoms with Gasteiger partial charge in [0.25, 0.3) is 7.82 Å². The van der Waals surface area contributed by atoms with E-state index in [4.69, 9.17) is 36.5 Å². The summed E-state index contributed by atoms with van der Waals surface area (Å²) in [4.78, 5) is 11.8. The highest BCUT2D eigenvalue weighted by atomic mass is 31.2. The van der Waals surface area contributed by atoms with E-state index in [1.54, 1.807) is 28.4 Å². The van der Waals surface area contributed by atoms with Crippen molar-refractivity contribution < 1.29 is 50.5 Å². The van der Waals surface area contributed by atoms with Crippen LogP contribution < -0.4 is 4.89 Å². The Morgan fingerprint density at radius 2 is 1.27 bits per heavy atom. The van der Waals surface area contributed by atoms with Crippen molar-refractivity contribution in [3.63, 3.8) is 0 Å². The minimum atomic E-state index is -4.36. The van der Waals surface area contributed by atoms with Crippen molar-refractivity contribution >= 4 is 16.6 Å². The summed E-state index contributed by atoms with van der Waals surface area (Å²) in [6.07, 6.45) is 0.812. The van der Waals surface area contributed by atoms with E-state index in [9.17, 15) is 9.46 Å². The third-order valence-electron chi connectivity index (χ3n) is 4.41. The molecule has 30 heavy (non-hydrogen) atoms. The lowest BCUT2D eigenvalue weighted by Crippen LogP contribution is -2.46. The number of nitrogens with zero attached hydrogens (tertiary/aromatic N) is 1. The molecule has 0 aliphatic heterocycles. The van der Waals surface area contributed by atoms with E-state index in [2.05, 4.69) is 0 Å². The molecule has 13 heteroatoms. The van der Waals surface area contributed by atoms with Gasteiger partial charge in [0, 0.05) is 40.9 Å². The van der Waals surface area contributed by atoms with Crippen molar-refractivity contribution in [3.8, 4) is 0 Å². The van der Waals surface area contributed by atoms with Gasteiger partial charge in [-0.1, -0.05) is 0 Å². The molecule has 0 radical (unpaired) electrons. The van der Waals surface area contributed by atoms with Crippen LogP contribution in [0.5, 0.6) is 0 Å². The number of rotatable bonds is 21. The van der Waals surface area contributed by atoms with Gasteiger partial charge in [-0.05, 0) is 0 Å². The molecule has 0 saturated carbocycles. The van der Waals surface area contributed by atoms with Crippen LogP contribution in [-0.4, -0.2) is 115 Å². The summed E-state index contributed by atoms with van der Waals surface area (Å²) >= 11 is 0. The van der Waals surface area contributed by atoms with Crippen LogP contribution in [0.3, 0.4) is 0 Å². The van der Waals surface area contributed by atoms with Crippen LogP contribution in [0, 0.1) is 0 Å². The SMILES string of the molecule is COCCOCCOCCOP(=O)([O-])OCC[N+](C)(C)CCC[Si](OC)(OC)OC. The minimum absolute atomic E-state index is 0.0311. The van der Waals surface area contributed by atoms with Gasteiger partial charge in [0.2, 0.25) is 0 Å². The monoisotopic (exact) mass is 477 g/mol. The fourth-order valence-electron chi connectivity index (χ4n) is 2.50. The maximum absolute atomic E-state index is 11.8. The largest absolute Gasteiger partial charge is 0.756 e. The number of phosphoric ester groups is 1. The molecule has 0 aliphatic rings. The molecule has 1 atom stereocenters. The Morgan fingerprint density at radius 3 is 1.80 bits per heavy atom. The highest BCUT2D eigenvalue weighted by molar-refractivity contribution is 7.45. The highest BCUT2D eigenvalue weighted by Crippen LogP contribution is 2.37. The molecule has 0 rings (SSSR count). The fourth-order valence-corrected chi connectivity index (χ4v) is 4.88. The van der Waals surface area contributed by atoms with Gasteiger partial charge in [-0.25, -0.2) is 0 Å². The first-order chi connectivity index (χ1) is 14.2. The highest BCUT2D eigenvalue weighted by Gasteiger charge is 2.37. The van der Waals surface area contributed by atoms with E-state index in [0.29, 0.717) is 43.5 Å². The molecule has 182 valence electrons. The molecule has 1 unspecified atom stereocenters. The first-order valence-electron chi connectivity index (χ1n) is 9.88. The number of methoxy groups -OCH3 is 1. The van der Waals surface area contributed by atoms with E-state index in [1.165, 1.54) is 0 Å². The third-order valence-corrected chi connectivity index (χ3v) is 8.24. The van der Waals surface area contributed by atoms with Gasteiger partial charge in [0.1, 0.15) is 13.2 Å². The average molecular weight is 478 g/mol. The van der Waals surface area contributed by atoms with Crippen LogP contribution in [0.25, 0.3) is 0 Å². The zero-order chi connectivity index (χ0) is 22.9. The van der Waals surface area contributed by atoms with Crippen LogP contribution in [0.15, 0.2) is 0 Å². The maximum Gasteiger partial charge on any atom is 0.500 e. The topological polar surface area (TPSA) is 114 Å². The Balaban J connectivity index is 3.94. The van der Waals surface area contributed by atoms with Crippen LogP contribution >= 0.6 is 7.82 Å². The smallest absolute Gasteiger partial charge is 0.500 e. The Hall–Kier alpha value is 0.0469. The predicted octanol–water partition coefficient (Wildman–Crippen LogP) is 0.512. The predicted molar refractivity (Wildman–Crippen MR) is 111 cm³/mol. The van der Waals surface area contributed by atoms with Gasteiger partial charge < -0.3 is 45.9 Å². The first-order valence-corrected chi connectivity index (χ1v) is 13.3. The van der Waals surface area contributed by atoms with Crippen molar-refractivity contribution in [1.82, 2.24) is 0 Å². The van der Waals surface area contributed by atoms with Crippen molar-refractivity contribution in [3.05, 3.63) is 0 Å². The molecule has 0 spiro atoms. The van der Waals surface area contributed by atoms with Gasteiger partial charge in [-0.15, -0.1) is 0 Å². The zero-order valence-corrected chi connectivity index (χ0v) is 21.1. The van der Waals surface area contributed by atoms with Gasteiger partial charge in [-0.3, -0.25) is 4.57 Å². The molecule has 0 aromatic heterocycles. The van der Waals surface area contributed by atoms with Crippen molar-refractivity contribution in [2.45, 2.75) is 12.5 Å². The van der Waals surface area contributed by atoms with Crippen molar-refractivity contribution in [1.29, 1.82) is 0 Å². The second kappa shape index (κ2) is 16.6. The second-order valence-electron chi connectivity index (χ2n) is 7.11. The van der Waals surface area contributed by atoms with E-state index in [-0.39, 0.29) is 19.8 Å². The lowest BCUT2D eigenvalue weighted by molar-refractivity contribution is -0.890. The normalized spacial score (nSPS) is 14.8. The number of likely N-dealkylation sites (N-methyl/N-ethyl adjacent to an activating group) is 1. The Kier molecular flexibility index (Phi) is 16.7. The molecule has 0 aliphatic carbocycles. The second-order valence-corrected chi connectivity index (χ2v) is 11.6. The third kappa shape index (κ3) is 14.9. The average Bonchev–Trinajstić information content (AvgIpc) is 2.70. The molecule has 11 nitrogen and oxygen atoms in total. The standard InChI is InChI=1S/C17H40NO10PSi/c1-18(2,8-7-17-30(22-4,23-5)24-6)9-10-27-29(19,20)28-16-15-26-14-13-25-12-11-21-3/h7-17H2,1-6H3. The molecular weight excluding hydrogens is 437 g/mol. The van der Waals surface area contributed by atoms with Crippen LogP contribution in [0.1, 0.15) is 6.42 Å². The molecular formula is C17H40NO10PSi. The number of ether oxygens (including phenoxy) is 3. The Bertz CT molecular complexity index is 460. The molecule has 0 aromatic rings. The molecule has 0 bridgehead atoms.